The summed E-state index contributed by atoms with van der Waals surface area (Å²) in [6.45, 7) is 6.58. The second-order valence-electron chi connectivity index (χ2n) is 10.6. The zero-order valence-corrected chi connectivity index (χ0v) is 21.3. The van der Waals surface area contributed by atoms with Crippen LogP contribution in [-0.4, -0.2) is 55.0 Å². The first-order valence-corrected chi connectivity index (χ1v) is 13.6. The van der Waals surface area contributed by atoms with Crippen molar-refractivity contribution in [3.63, 3.8) is 0 Å². The normalized spacial score (nSPS) is 19.1. The fourth-order valence-electron chi connectivity index (χ4n) is 6.37. The Balaban J connectivity index is 1.24. The highest BCUT2D eigenvalue weighted by Crippen LogP contribution is 2.43. The molecule has 2 saturated heterocycles. The molecule has 3 aromatic rings. The predicted octanol–water partition coefficient (Wildman–Crippen LogP) is 4.66. The van der Waals surface area contributed by atoms with Crippen molar-refractivity contribution in [3.8, 4) is 0 Å². The molecule has 1 atom stereocenters. The Labute approximate surface area is 216 Å². The summed E-state index contributed by atoms with van der Waals surface area (Å²) < 4.78 is 0. The first kappa shape index (κ1) is 24.7. The van der Waals surface area contributed by atoms with E-state index in [0.717, 1.165) is 50.0 Å². The molecule has 0 spiro atoms. The summed E-state index contributed by atoms with van der Waals surface area (Å²) in [6, 6.07) is 29.5. The number of amides is 1. The van der Waals surface area contributed by atoms with Crippen LogP contribution in [0.2, 0.25) is 0 Å². The first-order chi connectivity index (χ1) is 17.7. The lowest BCUT2D eigenvalue weighted by Gasteiger charge is -2.37. The second kappa shape index (κ2) is 11.4. The third-order valence-corrected chi connectivity index (χ3v) is 8.39. The minimum absolute atomic E-state index is 0.146. The molecule has 0 aliphatic carbocycles. The zero-order chi connectivity index (χ0) is 24.8. The van der Waals surface area contributed by atoms with E-state index in [1.165, 1.54) is 43.6 Å². The van der Waals surface area contributed by atoms with Gasteiger partial charge in [0.25, 0.3) is 0 Å². The van der Waals surface area contributed by atoms with Gasteiger partial charge in [0.05, 0.1) is 0 Å². The number of primary amides is 1. The highest BCUT2D eigenvalue weighted by molar-refractivity contribution is 5.91. The van der Waals surface area contributed by atoms with Gasteiger partial charge in [-0.1, -0.05) is 84.9 Å². The molecule has 3 aromatic carbocycles. The van der Waals surface area contributed by atoms with E-state index in [2.05, 4.69) is 58.3 Å². The number of likely N-dealkylation sites (tertiary alicyclic amines) is 2. The number of nitrogens with two attached hydrogens (primary N) is 1. The molecule has 188 valence electrons. The SMILES string of the molecule is NC(=O)C(c1ccccc1)(c1ccccc1)[C@@H]1CCN(CCc2ccc(CCN3CCCC3)cc2)C1. The molecule has 2 heterocycles. The molecule has 4 heteroatoms. The van der Waals surface area contributed by atoms with Crippen molar-refractivity contribution in [2.45, 2.75) is 37.5 Å². The Morgan fingerprint density at radius 2 is 1.22 bits per heavy atom. The van der Waals surface area contributed by atoms with Crippen molar-refractivity contribution in [1.29, 1.82) is 0 Å². The van der Waals surface area contributed by atoms with Gasteiger partial charge in [-0.3, -0.25) is 4.79 Å². The highest BCUT2D eigenvalue weighted by atomic mass is 16.1. The van der Waals surface area contributed by atoms with Gasteiger partial charge in [-0.25, -0.2) is 0 Å². The Hall–Kier alpha value is -2.95. The molecular formula is C32H39N3O. The topological polar surface area (TPSA) is 49.6 Å². The van der Waals surface area contributed by atoms with Gasteiger partial charge >= 0.3 is 0 Å². The van der Waals surface area contributed by atoms with Crippen molar-refractivity contribution in [3.05, 3.63) is 107 Å². The fourth-order valence-corrected chi connectivity index (χ4v) is 6.37. The maximum atomic E-state index is 13.3. The van der Waals surface area contributed by atoms with Gasteiger partial charge in [0.2, 0.25) is 5.91 Å². The number of nitrogens with zero attached hydrogens (tertiary/aromatic N) is 2. The summed E-state index contributed by atoms with van der Waals surface area (Å²) in [5, 5.41) is 0. The molecule has 2 aliphatic heterocycles. The van der Waals surface area contributed by atoms with Crippen molar-refractivity contribution in [2.24, 2.45) is 11.7 Å². The Kier molecular flexibility index (Phi) is 7.84. The van der Waals surface area contributed by atoms with Crippen molar-refractivity contribution >= 4 is 5.91 Å². The lowest BCUT2D eigenvalue weighted by molar-refractivity contribution is -0.123. The molecule has 2 fully saturated rings. The molecule has 36 heavy (non-hydrogen) atoms. The average molecular weight is 482 g/mol. The van der Waals surface area contributed by atoms with Crippen LogP contribution in [0.25, 0.3) is 0 Å². The summed E-state index contributed by atoms with van der Waals surface area (Å²) in [5.41, 5.74) is 10.3. The van der Waals surface area contributed by atoms with Crippen LogP contribution >= 0.6 is 0 Å². The van der Waals surface area contributed by atoms with Crippen LogP contribution in [0.5, 0.6) is 0 Å². The van der Waals surface area contributed by atoms with Crippen LogP contribution in [0.15, 0.2) is 84.9 Å². The molecule has 0 radical (unpaired) electrons. The molecule has 0 aromatic heterocycles. The fraction of sp³-hybridized carbons (Fsp3) is 0.406. The van der Waals surface area contributed by atoms with Crippen molar-refractivity contribution < 1.29 is 4.79 Å². The maximum absolute atomic E-state index is 13.3. The van der Waals surface area contributed by atoms with E-state index in [1.54, 1.807) is 0 Å². The minimum atomic E-state index is -0.811. The minimum Gasteiger partial charge on any atom is -0.369 e. The van der Waals surface area contributed by atoms with Crippen LogP contribution in [0, 0.1) is 5.92 Å². The molecule has 4 nitrogen and oxygen atoms in total. The summed E-state index contributed by atoms with van der Waals surface area (Å²) in [5.74, 6) is -0.107. The second-order valence-corrected chi connectivity index (χ2v) is 10.6. The number of carbonyl (C=O) groups is 1. The molecular weight excluding hydrogens is 442 g/mol. The van der Waals surface area contributed by atoms with E-state index < -0.39 is 5.41 Å². The predicted molar refractivity (Wildman–Crippen MR) is 147 cm³/mol. The van der Waals surface area contributed by atoms with Gasteiger partial charge in [-0.2, -0.15) is 0 Å². The number of hydrogen-bond acceptors (Lipinski definition) is 3. The zero-order valence-electron chi connectivity index (χ0n) is 21.3. The molecule has 0 unspecified atom stereocenters. The molecule has 2 N–H and O–H groups in total. The van der Waals surface area contributed by atoms with Gasteiger partial charge < -0.3 is 15.5 Å². The largest absolute Gasteiger partial charge is 0.369 e. The van der Waals surface area contributed by atoms with Crippen LogP contribution in [0.3, 0.4) is 0 Å². The van der Waals surface area contributed by atoms with Gasteiger partial charge in [0.15, 0.2) is 0 Å². The third-order valence-electron chi connectivity index (χ3n) is 8.39. The van der Waals surface area contributed by atoms with E-state index >= 15 is 0 Å². The van der Waals surface area contributed by atoms with E-state index in [9.17, 15) is 4.79 Å². The molecule has 0 bridgehead atoms. The van der Waals surface area contributed by atoms with Gasteiger partial charge in [-0.15, -0.1) is 0 Å². The monoisotopic (exact) mass is 481 g/mol. The van der Waals surface area contributed by atoms with Gasteiger partial charge in [-0.05, 0) is 79.9 Å². The highest BCUT2D eigenvalue weighted by Gasteiger charge is 2.49. The number of rotatable bonds is 10. The van der Waals surface area contributed by atoms with Crippen molar-refractivity contribution in [2.75, 3.05) is 39.3 Å². The van der Waals surface area contributed by atoms with E-state index in [4.69, 9.17) is 5.73 Å². The molecule has 5 rings (SSSR count). The van der Waals surface area contributed by atoms with Gasteiger partial charge in [0, 0.05) is 19.6 Å². The van der Waals surface area contributed by atoms with E-state index in [-0.39, 0.29) is 11.8 Å². The van der Waals surface area contributed by atoms with E-state index in [1.807, 2.05) is 36.4 Å². The standard InChI is InChI=1S/C32H39N3O/c33-31(36)32(28-9-3-1-4-10-28,29-11-5-2-6-12-29)30-19-24-35(25-30)23-18-27-15-13-26(14-16-27)17-22-34-20-7-8-21-34/h1-6,9-16,30H,7-8,17-25H2,(H2,33,36)/t30-/m1/s1. The van der Waals surface area contributed by atoms with Gasteiger partial charge in [0.1, 0.15) is 5.41 Å². The van der Waals surface area contributed by atoms with Crippen LogP contribution in [0.4, 0.5) is 0 Å². The summed E-state index contributed by atoms with van der Waals surface area (Å²) in [6.07, 6.45) is 5.84. The Morgan fingerprint density at radius 3 is 1.72 bits per heavy atom. The smallest absolute Gasteiger partial charge is 0.232 e. The molecule has 2 aliphatic rings. The number of hydrogen-bond donors (Lipinski definition) is 1. The number of carbonyl (C=O) groups excluding carboxylic acids is 1. The van der Waals surface area contributed by atoms with Crippen LogP contribution in [0.1, 0.15) is 41.5 Å². The molecule has 0 saturated carbocycles. The lowest BCUT2D eigenvalue weighted by atomic mass is 9.64. The molecule has 1 amide bonds. The summed E-state index contributed by atoms with van der Waals surface area (Å²) >= 11 is 0. The maximum Gasteiger partial charge on any atom is 0.232 e. The van der Waals surface area contributed by atoms with Crippen LogP contribution < -0.4 is 5.73 Å². The average Bonchev–Trinajstić information content (AvgIpc) is 3.61. The Morgan fingerprint density at radius 1 is 0.722 bits per heavy atom. The lowest BCUT2D eigenvalue weighted by Crippen LogP contribution is -2.49. The third kappa shape index (κ3) is 5.25. The summed E-state index contributed by atoms with van der Waals surface area (Å²) in [4.78, 5) is 18.4. The number of benzene rings is 3. The first-order valence-electron chi connectivity index (χ1n) is 13.6. The summed E-state index contributed by atoms with van der Waals surface area (Å²) in [7, 11) is 0. The van der Waals surface area contributed by atoms with E-state index in [0.29, 0.717) is 0 Å². The van der Waals surface area contributed by atoms with Crippen LogP contribution in [-0.2, 0) is 23.1 Å². The Bertz CT molecular complexity index is 1070. The van der Waals surface area contributed by atoms with Crippen molar-refractivity contribution in [1.82, 2.24) is 9.80 Å². The quantitative estimate of drug-likeness (QED) is 0.458.